The SMILES string of the molecule is CCCCCOc1ccccc1CNc1cccc(OCCC(C)C)c1. The highest BCUT2D eigenvalue weighted by Gasteiger charge is 2.04. The third-order valence-electron chi connectivity index (χ3n) is 4.26. The van der Waals surface area contributed by atoms with Crippen LogP contribution < -0.4 is 14.8 Å². The third kappa shape index (κ3) is 7.38. The minimum absolute atomic E-state index is 0.658. The summed E-state index contributed by atoms with van der Waals surface area (Å²) in [6, 6.07) is 16.4. The fraction of sp³-hybridized carbons (Fsp3) is 0.478. The van der Waals surface area contributed by atoms with Crippen molar-refractivity contribution in [3.63, 3.8) is 0 Å². The lowest BCUT2D eigenvalue weighted by atomic mass is 10.1. The molecule has 0 aliphatic carbocycles. The van der Waals surface area contributed by atoms with Crippen LogP contribution in [0.3, 0.4) is 0 Å². The number of benzene rings is 2. The van der Waals surface area contributed by atoms with Gasteiger partial charge in [-0.05, 0) is 37.0 Å². The second kappa shape index (κ2) is 11.5. The monoisotopic (exact) mass is 355 g/mol. The van der Waals surface area contributed by atoms with Crippen molar-refractivity contribution in [3.8, 4) is 11.5 Å². The summed E-state index contributed by atoms with van der Waals surface area (Å²) in [4.78, 5) is 0. The van der Waals surface area contributed by atoms with Gasteiger partial charge in [-0.2, -0.15) is 0 Å². The average Bonchev–Trinajstić information content (AvgIpc) is 2.64. The fourth-order valence-corrected chi connectivity index (χ4v) is 2.63. The van der Waals surface area contributed by atoms with Crippen molar-refractivity contribution >= 4 is 5.69 Å². The second-order valence-corrected chi connectivity index (χ2v) is 7.08. The van der Waals surface area contributed by atoms with Gasteiger partial charge in [-0.15, -0.1) is 0 Å². The summed E-state index contributed by atoms with van der Waals surface area (Å²) in [5, 5.41) is 3.48. The summed E-state index contributed by atoms with van der Waals surface area (Å²) in [6.07, 6.45) is 4.60. The first-order valence-electron chi connectivity index (χ1n) is 9.86. The van der Waals surface area contributed by atoms with Gasteiger partial charge in [0.25, 0.3) is 0 Å². The summed E-state index contributed by atoms with van der Waals surface area (Å²) < 4.78 is 11.8. The van der Waals surface area contributed by atoms with E-state index in [1.807, 2.05) is 18.2 Å². The average molecular weight is 356 g/mol. The van der Waals surface area contributed by atoms with Gasteiger partial charge in [0.05, 0.1) is 13.2 Å². The Balaban J connectivity index is 1.88. The van der Waals surface area contributed by atoms with Gasteiger partial charge in [-0.1, -0.05) is 57.9 Å². The van der Waals surface area contributed by atoms with Crippen molar-refractivity contribution in [1.82, 2.24) is 0 Å². The zero-order chi connectivity index (χ0) is 18.6. The van der Waals surface area contributed by atoms with Crippen LogP contribution >= 0.6 is 0 Å². The Hall–Kier alpha value is -2.16. The minimum Gasteiger partial charge on any atom is -0.494 e. The number of unbranched alkanes of at least 4 members (excludes halogenated alkanes) is 2. The van der Waals surface area contributed by atoms with Gasteiger partial charge in [-0.25, -0.2) is 0 Å². The third-order valence-corrected chi connectivity index (χ3v) is 4.26. The summed E-state index contributed by atoms with van der Waals surface area (Å²) >= 11 is 0. The number of hydrogen-bond donors (Lipinski definition) is 1. The number of rotatable bonds is 12. The van der Waals surface area contributed by atoms with Crippen LogP contribution in [-0.2, 0) is 6.54 Å². The lowest BCUT2D eigenvalue weighted by molar-refractivity contribution is 0.289. The molecule has 0 unspecified atom stereocenters. The molecule has 26 heavy (non-hydrogen) atoms. The highest BCUT2D eigenvalue weighted by molar-refractivity contribution is 5.49. The number of para-hydroxylation sites is 1. The topological polar surface area (TPSA) is 30.5 Å². The van der Waals surface area contributed by atoms with Gasteiger partial charge in [0.1, 0.15) is 11.5 Å². The molecule has 0 bridgehead atoms. The van der Waals surface area contributed by atoms with E-state index < -0.39 is 0 Å². The van der Waals surface area contributed by atoms with Crippen LogP contribution in [0.1, 0.15) is 52.0 Å². The largest absolute Gasteiger partial charge is 0.494 e. The van der Waals surface area contributed by atoms with Crippen LogP contribution in [0, 0.1) is 5.92 Å². The maximum Gasteiger partial charge on any atom is 0.124 e. The highest BCUT2D eigenvalue weighted by Crippen LogP contribution is 2.22. The van der Waals surface area contributed by atoms with E-state index in [4.69, 9.17) is 9.47 Å². The molecule has 0 atom stereocenters. The van der Waals surface area contributed by atoms with Crippen molar-refractivity contribution in [3.05, 3.63) is 54.1 Å². The van der Waals surface area contributed by atoms with E-state index in [9.17, 15) is 0 Å². The van der Waals surface area contributed by atoms with Crippen molar-refractivity contribution in [2.75, 3.05) is 18.5 Å². The Labute approximate surface area is 158 Å². The van der Waals surface area contributed by atoms with Crippen LogP contribution in [-0.4, -0.2) is 13.2 Å². The first-order chi connectivity index (χ1) is 12.7. The smallest absolute Gasteiger partial charge is 0.124 e. The molecule has 0 saturated carbocycles. The molecule has 142 valence electrons. The molecule has 0 aliphatic heterocycles. The molecule has 0 radical (unpaired) electrons. The van der Waals surface area contributed by atoms with Crippen LogP contribution in [0.25, 0.3) is 0 Å². The molecule has 0 amide bonds. The van der Waals surface area contributed by atoms with E-state index in [1.54, 1.807) is 0 Å². The number of anilines is 1. The molecule has 0 saturated heterocycles. The molecule has 0 aliphatic rings. The predicted octanol–water partition coefficient (Wildman–Crippen LogP) is 6.29. The Morgan fingerprint density at radius 3 is 2.58 bits per heavy atom. The van der Waals surface area contributed by atoms with Gasteiger partial charge in [0, 0.05) is 23.9 Å². The lowest BCUT2D eigenvalue weighted by Gasteiger charge is -2.14. The Kier molecular flexibility index (Phi) is 8.88. The first kappa shape index (κ1) is 20.2. The normalized spacial score (nSPS) is 10.8. The van der Waals surface area contributed by atoms with Crippen LogP contribution in [0.15, 0.2) is 48.5 Å². The zero-order valence-corrected chi connectivity index (χ0v) is 16.5. The van der Waals surface area contributed by atoms with Gasteiger partial charge >= 0.3 is 0 Å². The number of hydrogen-bond acceptors (Lipinski definition) is 3. The summed E-state index contributed by atoms with van der Waals surface area (Å²) in [5.74, 6) is 2.55. The van der Waals surface area contributed by atoms with Crippen LogP contribution in [0.2, 0.25) is 0 Å². The Morgan fingerprint density at radius 1 is 0.923 bits per heavy atom. The summed E-state index contributed by atoms with van der Waals surface area (Å²) in [6.45, 7) is 8.91. The van der Waals surface area contributed by atoms with E-state index in [-0.39, 0.29) is 0 Å². The molecule has 0 fully saturated rings. The molecule has 2 aromatic rings. The maximum atomic E-state index is 5.96. The summed E-state index contributed by atoms with van der Waals surface area (Å²) in [5.41, 5.74) is 2.24. The van der Waals surface area contributed by atoms with Crippen molar-refractivity contribution in [1.29, 1.82) is 0 Å². The molecule has 0 aromatic heterocycles. The van der Waals surface area contributed by atoms with Crippen molar-refractivity contribution in [2.45, 2.75) is 53.0 Å². The molecule has 2 rings (SSSR count). The fourth-order valence-electron chi connectivity index (χ4n) is 2.63. The molecular formula is C23H33NO2. The highest BCUT2D eigenvalue weighted by atomic mass is 16.5. The number of nitrogens with one attached hydrogen (secondary N) is 1. The van der Waals surface area contributed by atoms with E-state index in [0.29, 0.717) is 5.92 Å². The van der Waals surface area contributed by atoms with Gasteiger partial charge in [0.15, 0.2) is 0 Å². The van der Waals surface area contributed by atoms with Gasteiger partial charge in [0.2, 0.25) is 0 Å². The van der Waals surface area contributed by atoms with Gasteiger partial charge in [-0.3, -0.25) is 0 Å². The van der Waals surface area contributed by atoms with Crippen LogP contribution in [0.5, 0.6) is 11.5 Å². The van der Waals surface area contributed by atoms with Gasteiger partial charge < -0.3 is 14.8 Å². The second-order valence-electron chi connectivity index (χ2n) is 7.08. The van der Waals surface area contributed by atoms with E-state index in [0.717, 1.165) is 49.8 Å². The van der Waals surface area contributed by atoms with E-state index >= 15 is 0 Å². The molecular weight excluding hydrogens is 322 g/mol. The molecule has 1 N–H and O–H groups in total. The standard InChI is InChI=1S/C23H33NO2/c1-4-5-8-15-26-23-13-7-6-10-20(23)18-24-21-11-9-12-22(17-21)25-16-14-19(2)3/h6-7,9-13,17,19,24H,4-5,8,14-16,18H2,1-3H3. The first-order valence-corrected chi connectivity index (χ1v) is 9.86. The van der Waals surface area contributed by atoms with Crippen LogP contribution in [0.4, 0.5) is 5.69 Å². The zero-order valence-electron chi connectivity index (χ0n) is 16.5. The molecule has 2 aromatic carbocycles. The lowest BCUT2D eigenvalue weighted by Crippen LogP contribution is -2.05. The van der Waals surface area contributed by atoms with Crippen molar-refractivity contribution in [2.24, 2.45) is 5.92 Å². The van der Waals surface area contributed by atoms with E-state index in [1.165, 1.54) is 18.4 Å². The Bertz CT molecular complexity index is 640. The molecule has 3 heteroatoms. The minimum atomic E-state index is 0.658. The van der Waals surface area contributed by atoms with Crippen molar-refractivity contribution < 1.29 is 9.47 Å². The maximum absolute atomic E-state index is 5.96. The molecule has 0 heterocycles. The predicted molar refractivity (Wildman–Crippen MR) is 110 cm³/mol. The van der Waals surface area contributed by atoms with E-state index in [2.05, 4.69) is 56.4 Å². The Morgan fingerprint density at radius 2 is 1.77 bits per heavy atom. The summed E-state index contributed by atoms with van der Waals surface area (Å²) in [7, 11) is 0. The quantitative estimate of drug-likeness (QED) is 0.454. The molecule has 3 nitrogen and oxygen atoms in total. The molecule has 0 spiro atoms. The number of ether oxygens (including phenoxy) is 2.